The number of furan rings is 1. The van der Waals surface area contributed by atoms with Crippen LogP contribution in [-0.2, 0) is 6.54 Å². The second-order valence-electron chi connectivity index (χ2n) is 4.79. The Morgan fingerprint density at radius 3 is 2.32 bits per heavy atom. The zero-order valence-corrected chi connectivity index (χ0v) is 13.8. The molecule has 5 heteroatoms. The van der Waals surface area contributed by atoms with Crippen LogP contribution < -0.4 is 4.42 Å². The van der Waals surface area contributed by atoms with Crippen molar-refractivity contribution in [2.24, 2.45) is 0 Å². The van der Waals surface area contributed by atoms with E-state index in [1.165, 1.54) is 16.6 Å². The minimum absolute atomic E-state index is 0.264. The van der Waals surface area contributed by atoms with E-state index in [9.17, 15) is 4.39 Å². The van der Waals surface area contributed by atoms with Gasteiger partial charge in [-0.25, -0.2) is 4.39 Å². The van der Waals surface area contributed by atoms with Crippen molar-refractivity contribution >= 4 is 33.6 Å². The molecule has 0 spiro atoms. The molecule has 0 aliphatic rings. The van der Waals surface area contributed by atoms with Gasteiger partial charge in [-0.2, -0.15) is 0 Å². The standard InChI is InChI=1S/C17H12BrClFNO/c18-14-5-3-13(4-6-14)16-9-10-17(22-16)21(19)11-12-1-7-15(20)8-2-12/h1-10H,11H2. The van der Waals surface area contributed by atoms with Crippen LogP contribution in [0.1, 0.15) is 5.56 Å². The summed E-state index contributed by atoms with van der Waals surface area (Å²) < 4.78 is 21.2. The molecule has 0 saturated heterocycles. The number of halogens is 3. The zero-order valence-electron chi connectivity index (χ0n) is 11.5. The van der Waals surface area contributed by atoms with Gasteiger partial charge in [-0.1, -0.05) is 40.2 Å². The Labute approximate surface area is 141 Å². The van der Waals surface area contributed by atoms with Gasteiger partial charge in [-0.05, 0) is 35.9 Å². The van der Waals surface area contributed by atoms with Crippen molar-refractivity contribution in [2.75, 3.05) is 4.42 Å². The second kappa shape index (κ2) is 6.55. The van der Waals surface area contributed by atoms with Crippen LogP contribution in [0, 0.1) is 5.82 Å². The molecule has 0 saturated carbocycles. The van der Waals surface area contributed by atoms with Gasteiger partial charge in [-0.3, -0.25) is 4.42 Å². The van der Waals surface area contributed by atoms with Crippen molar-refractivity contribution in [1.82, 2.24) is 0 Å². The van der Waals surface area contributed by atoms with Gasteiger partial charge in [0.15, 0.2) is 0 Å². The molecule has 0 unspecified atom stereocenters. The van der Waals surface area contributed by atoms with Crippen LogP contribution in [0.25, 0.3) is 11.3 Å². The van der Waals surface area contributed by atoms with Crippen molar-refractivity contribution in [3.05, 3.63) is 76.5 Å². The minimum Gasteiger partial charge on any atom is -0.439 e. The van der Waals surface area contributed by atoms with Crippen LogP contribution in [0.4, 0.5) is 10.3 Å². The minimum atomic E-state index is -0.264. The van der Waals surface area contributed by atoms with Gasteiger partial charge in [0.25, 0.3) is 0 Å². The molecular weight excluding hydrogens is 369 g/mol. The fourth-order valence-electron chi connectivity index (χ4n) is 2.06. The predicted octanol–water partition coefficient (Wildman–Crippen LogP) is 6.01. The number of benzene rings is 2. The fourth-order valence-corrected chi connectivity index (χ4v) is 2.55. The Balaban J connectivity index is 1.75. The molecule has 0 fully saturated rings. The van der Waals surface area contributed by atoms with E-state index in [4.69, 9.17) is 16.2 Å². The van der Waals surface area contributed by atoms with Crippen LogP contribution in [0.3, 0.4) is 0 Å². The van der Waals surface area contributed by atoms with Crippen LogP contribution in [0.5, 0.6) is 0 Å². The van der Waals surface area contributed by atoms with Crippen LogP contribution in [0.2, 0.25) is 0 Å². The largest absolute Gasteiger partial charge is 0.439 e. The molecule has 2 nitrogen and oxygen atoms in total. The summed E-state index contributed by atoms with van der Waals surface area (Å²) in [6, 6.07) is 17.7. The van der Waals surface area contributed by atoms with Crippen molar-refractivity contribution in [3.8, 4) is 11.3 Å². The van der Waals surface area contributed by atoms with Crippen molar-refractivity contribution in [1.29, 1.82) is 0 Å². The van der Waals surface area contributed by atoms with E-state index in [0.717, 1.165) is 21.4 Å². The van der Waals surface area contributed by atoms with Gasteiger partial charge in [0.05, 0.1) is 6.54 Å². The average Bonchev–Trinajstić information content (AvgIpc) is 3.00. The number of nitrogens with zero attached hydrogens (tertiary/aromatic N) is 1. The molecule has 112 valence electrons. The van der Waals surface area contributed by atoms with E-state index in [1.54, 1.807) is 12.1 Å². The first-order valence-electron chi connectivity index (χ1n) is 6.65. The summed E-state index contributed by atoms with van der Waals surface area (Å²) >= 11 is 9.65. The summed E-state index contributed by atoms with van der Waals surface area (Å²) in [5.41, 5.74) is 1.87. The lowest BCUT2D eigenvalue weighted by atomic mass is 10.2. The van der Waals surface area contributed by atoms with Crippen molar-refractivity contribution < 1.29 is 8.81 Å². The summed E-state index contributed by atoms with van der Waals surface area (Å²) in [6.45, 7) is 0.426. The molecule has 22 heavy (non-hydrogen) atoms. The highest BCUT2D eigenvalue weighted by molar-refractivity contribution is 9.10. The van der Waals surface area contributed by atoms with Gasteiger partial charge < -0.3 is 4.42 Å². The third kappa shape index (κ3) is 3.51. The summed E-state index contributed by atoms with van der Waals surface area (Å²) in [5, 5.41) is 0. The Morgan fingerprint density at radius 2 is 1.64 bits per heavy atom. The van der Waals surface area contributed by atoms with E-state index in [-0.39, 0.29) is 5.82 Å². The normalized spacial score (nSPS) is 10.7. The maximum Gasteiger partial charge on any atom is 0.210 e. The molecule has 1 heterocycles. The molecule has 0 aliphatic carbocycles. The van der Waals surface area contributed by atoms with E-state index >= 15 is 0 Å². The van der Waals surface area contributed by atoms with Crippen LogP contribution in [0.15, 0.2) is 69.6 Å². The van der Waals surface area contributed by atoms with Gasteiger partial charge in [0.2, 0.25) is 5.88 Å². The topological polar surface area (TPSA) is 16.4 Å². The highest BCUT2D eigenvalue weighted by Crippen LogP contribution is 2.29. The summed E-state index contributed by atoms with van der Waals surface area (Å²) in [7, 11) is 0. The SMILES string of the molecule is Fc1ccc(CN(Cl)c2ccc(-c3ccc(Br)cc3)o2)cc1. The van der Waals surface area contributed by atoms with Crippen molar-refractivity contribution in [3.63, 3.8) is 0 Å². The summed E-state index contributed by atoms with van der Waals surface area (Å²) in [4.78, 5) is 0. The smallest absolute Gasteiger partial charge is 0.210 e. The molecule has 0 N–H and O–H groups in total. The maximum atomic E-state index is 12.9. The molecule has 0 aliphatic heterocycles. The quantitative estimate of drug-likeness (QED) is 0.515. The Morgan fingerprint density at radius 1 is 0.955 bits per heavy atom. The predicted molar refractivity (Wildman–Crippen MR) is 90.3 cm³/mol. The Kier molecular flexibility index (Phi) is 4.50. The highest BCUT2D eigenvalue weighted by Gasteiger charge is 2.11. The molecule has 0 radical (unpaired) electrons. The van der Waals surface area contributed by atoms with Crippen molar-refractivity contribution in [2.45, 2.75) is 6.54 Å². The second-order valence-corrected chi connectivity index (χ2v) is 6.12. The van der Waals surface area contributed by atoms with E-state index in [2.05, 4.69) is 15.9 Å². The van der Waals surface area contributed by atoms with Crippen LogP contribution >= 0.6 is 27.7 Å². The first kappa shape index (κ1) is 15.1. The summed E-state index contributed by atoms with van der Waals surface area (Å²) in [6.07, 6.45) is 0. The Hall–Kier alpha value is -1.78. The average molecular weight is 381 g/mol. The molecule has 0 bridgehead atoms. The first-order valence-corrected chi connectivity index (χ1v) is 7.78. The van der Waals surface area contributed by atoms with E-state index in [0.29, 0.717) is 12.4 Å². The first-order chi connectivity index (χ1) is 10.6. The van der Waals surface area contributed by atoms with Gasteiger partial charge >= 0.3 is 0 Å². The fraction of sp³-hybridized carbons (Fsp3) is 0.0588. The molecule has 0 amide bonds. The lowest BCUT2D eigenvalue weighted by molar-refractivity contribution is 0.581. The molecule has 1 aromatic heterocycles. The van der Waals surface area contributed by atoms with Gasteiger partial charge in [-0.15, -0.1) is 0 Å². The lowest BCUT2D eigenvalue weighted by Gasteiger charge is -2.12. The molecule has 0 atom stereocenters. The lowest BCUT2D eigenvalue weighted by Crippen LogP contribution is -2.08. The third-order valence-corrected chi connectivity index (χ3v) is 4.01. The monoisotopic (exact) mass is 379 g/mol. The molecule has 2 aromatic carbocycles. The molecule has 3 rings (SSSR count). The number of rotatable bonds is 4. The van der Waals surface area contributed by atoms with Gasteiger partial charge in [0.1, 0.15) is 11.6 Å². The molecule has 3 aromatic rings. The van der Waals surface area contributed by atoms with E-state index in [1.807, 2.05) is 36.4 Å². The van der Waals surface area contributed by atoms with Gasteiger partial charge in [0, 0.05) is 27.9 Å². The maximum absolute atomic E-state index is 12.9. The zero-order chi connectivity index (χ0) is 15.5. The molecular formula is C17H12BrClFNO. The number of hydrogen-bond donors (Lipinski definition) is 0. The highest BCUT2D eigenvalue weighted by atomic mass is 79.9. The third-order valence-electron chi connectivity index (χ3n) is 3.19. The number of anilines is 1. The van der Waals surface area contributed by atoms with Crippen LogP contribution in [-0.4, -0.2) is 0 Å². The number of hydrogen-bond acceptors (Lipinski definition) is 2. The van der Waals surface area contributed by atoms with E-state index < -0.39 is 0 Å². The Bertz CT molecular complexity index is 755. The summed E-state index contributed by atoms with van der Waals surface area (Å²) in [5.74, 6) is 1.02.